The summed E-state index contributed by atoms with van der Waals surface area (Å²) in [5.74, 6) is -0.855. The van der Waals surface area contributed by atoms with Crippen molar-refractivity contribution in [2.75, 3.05) is 19.7 Å². The Labute approximate surface area is 178 Å². The predicted molar refractivity (Wildman–Crippen MR) is 113 cm³/mol. The molecule has 164 valence electrons. The van der Waals surface area contributed by atoms with Gasteiger partial charge in [-0.05, 0) is 66.6 Å². The number of aliphatic hydroxyl groups is 1. The van der Waals surface area contributed by atoms with Gasteiger partial charge in [-0.3, -0.25) is 4.79 Å². The lowest BCUT2D eigenvalue weighted by Crippen LogP contribution is -2.18. The summed E-state index contributed by atoms with van der Waals surface area (Å²) in [5.41, 5.74) is 2.83. The molecule has 0 radical (unpaired) electrons. The van der Waals surface area contributed by atoms with Gasteiger partial charge in [-0.1, -0.05) is 6.42 Å². The Kier molecular flexibility index (Phi) is 6.32. The molecule has 0 bridgehead atoms. The van der Waals surface area contributed by atoms with Crippen molar-refractivity contribution in [2.45, 2.75) is 31.6 Å². The lowest BCUT2D eigenvalue weighted by atomic mass is 9.78. The van der Waals surface area contributed by atoms with E-state index < -0.39 is 11.6 Å². The smallest absolute Gasteiger partial charge is 0.209 e. The molecule has 2 aromatic carbocycles. The van der Waals surface area contributed by atoms with Gasteiger partial charge in [0.2, 0.25) is 6.41 Å². The molecule has 1 unspecified atom stereocenters. The summed E-state index contributed by atoms with van der Waals surface area (Å²) in [6.45, 7) is 1.76. The van der Waals surface area contributed by atoms with E-state index in [2.05, 4.69) is 4.98 Å². The molecule has 1 aliphatic carbocycles. The van der Waals surface area contributed by atoms with Crippen molar-refractivity contribution >= 4 is 17.3 Å². The number of H-pyrrole nitrogens is 1. The van der Waals surface area contributed by atoms with Crippen LogP contribution >= 0.6 is 0 Å². The van der Waals surface area contributed by atoms with Gasteiger partial charge in [-0.25, -0.2) is 13.2 Å². The van der Waals surface area contributed by atoms with Crippen molar-refractivity contribution in [2.24, 2.45) is 5.92 Å². The van der Waals surface area contributed by atoms with Crippen molar-refractivity contribution in [3.8, 4) is 11.3 Å². The van der Waals surface area contributed by atoms with E-state index in [1.807, 2.05) is 0 Å². The first kappa shape index (κ1) is 21.4. The van der Waals surface area contributed by atoms with Gasteiger partial charge in [0.1, 0.15) is 17.5 Å². The average molecular weight is 430 g/mol. The molecule has 1 saturated heterocycles. The fraction of sp³-hybridized carbons (Fsp3) is 0.375. The second-order valence-electron chi connectivity index (χ2n) is 8.30. The fourth-order valence-electron chi connectivity index (χ4n) is 4.31. The Morgan fingerprint density at radius 3 is 2.35 bits per heavy atom. The highest BCUT2D eigenvalue weighted by atomic mass is 19.1. The third kappa shape index (κ3) is 4.46. The molecule has 1 aliphatic heterocycles. The van der Waals surface area contributed by atoms with Crippen LogP contribution in [0.4, 0.5) is 13.2 Å². The van der Waals surface area contributed by atoms with Gasteiger partial charge in [-0.15, -0.1) is 0 Å². The van der Waals surface area contributed by atoms with Gasteiger partial charge in [0, 0.05) is 37.1 Å². The number of nitrogens with one attached hydrogen (secondary N) is 1. The number of likely N-dealkylation sites (tertiary alicyclic amines) is 1. The van der Waals surface area contributed by atoms with Gasteiger partial charge >= 0.3 is 0 Å². The predicted octanol–water partition coefficient (Wildman–Crippen LogP) is 4.98. The van der Waals surface area contributed by atoms with Gasteiger partial charge in [0.25, 0.3) is 0 Å². The second-order valence-corrected chi connectivity index (χ2v) is 8.30. The van der Waals surface area contributed by atoms with Crippen LogP contribution < -0.4 is 0 Å². The third-order valence-electron chi connectivity index (χ3n) is 6.24. The van der Waals surface area contributed by atoms with Crippen LogP contribution in [0.25, 0.3) is 22.2 Å². The number of nitrogens with zero attached hydrogens (tertiary/aromatic N) is 1. The van der Waals surface area contributed by atoms with E-state index in [-0.39, 0.29) is 12.4 Å². The minimum atomic E-state index is -0.594. The highest BCUT2D eigenvalue weighted by Crippen LogP contribution is 2.45. The van der Waals surface area contributed by atoms with Gasteiger partial charge < -0.3 is 15.0 Å². The van der Waals surface area contributed by atoms with Crippen LogP contribution in [0.3, 0.4) is 0 Å². The monoisotopic (exact) mass is 430 g/mol. The van der Waals surface area contributed by atoms with Gasteiger partial charge in [-0.2, -0.15) is 0 Å². The SMILES string of the molecule is Fc1ccc(-c2[nH]c3c(F)cc(F)cc3c2C2CCC2)cc1.O=CN1CCC(CO)C1. The van der Waals surface area contributed by atoms with Crippen molar-refractivity contribution in [1.82, 2.24) is 9.88 Å². The van der Waals surface area contributed by atoms with Crippen LogP contribution in [0.15, 0.2) is 36.4 Å². The summed E-state index contributed by atoms with van der Waals surface area (Å²) in [5, 5.41) is 9.24. The summed E-state index contributed by atoms with van der Waals surface area (Å²) in [6, 6.07) is 8.35. The quantitative estimate of drug-likeness (QED) is 0.574. The van der Waals surface area contributed by atoms with Crippen LogP contribution in [0, 0.1) is 23.4 Å². The zero-order chi connectivity index (χ0) is 22.0. The fourth-order valence-corrected chi connectivity index (χ4v) is 4.31. The van der Waals surface area contributed by atoms with Crippen molar-refractivity contribution < 1.29 is 23.1 Å². The number of benzene rings is 2. The minimum absolute atomic E-state index is 0.213. The maximum absolute atomic E-state index is 14.1. The molecule has 7 heteroatoms. The minimum Gasteiger partial charge on any atom is -0.396 e. The number of halogens is 3. The van der Waals surface area contributed by atoms with Crippen LogP contribution in [0.1, 0.15) is 37.2 Å². The first-order valence-electron chi connectivity index (χ1n) is 10.6. The maximum Gasteiger partial charge on any atom is 0.209 e. The number of rotatable bonds is 4. The Morgan fingerprint density at radius 1 is 1.06 bits per heavy atom. The topological polar surface area (TPSA) is 56.3 Å². The molecule has 5 rings (SSSR count). The maximum atomic E-state index is 14.1. The van der Waals surface area contributed by atoms with Crippen molar-refractivity contribution in [3.05, 3.63) is 59.4 Å². The lowest BCUT2D eigenvalue weighted by molar-refractivity contribution is -0.117. The number of carbonyl (C=O) groups is 1. The molecule has 4 nitrogen and oxygen atoms in total. The molecule has 0 spiro atoms. The van der Waals surface area contributed by atoms with Crippen LogP contribution in [-0.2, 0) is 4.79 Å². The molecule has 2 N–H and O–H groups in total. The van der Waals surface area contributed by atoms with E-state index in [1.54, 1.807) is 17.0 Å². The molecule has 2 aliphatic rings. The zero-order valence-electron chi connectivity index (χ0n) is 17.1. The highest BCUT2D eigenvalue weighted by molar-refractivity contribution is 5.92. The number of amides is 1. The normalized spacial score (nSPS) is 18.6. The Balaban J connectivity index is 0.000000217. The number of aromatic nitrogens is 1. The van der Waals surface area contributed by atoms with E-state index in [0.29, 0.717) is 22.7 Å². The average Bonchev–Trinajstić information content (AvgIpc) is 3.33. The van der Waals surface area contributed by atoms with E-state index in [4.69, 9.17) is 5.11 Å². The molecule has 2 heterocycles. The summed E-state index contributed by atoms with van der Waals surface area (Å²) < 4.78 is 40.8. The summed E-state index contributed by atoms with van der Waals surface area (Å²) in [6.07, 6.45) is 4.95. The standard InChI is InChI=1S/C18H14F3N.C6H11NO2/c19-12-6-4-11(5-7-12)17-16(10-2-1-3-10)14-8-13(20)9-15(21)18(14)22-17;8-4-6-1-2-7(3-6)5-9/h4-10,22H,1-3H2;5-6,8H,1-4H2. The number of aliphatic hydroxyl groups excluding tert-OH is 1. The van der Waals surface area contributed by atoms with Crippen molar-refractivity contribution in [1.29, 1.82) is 0 Å². The van der Waals surface area contributed by atoms with Crippen LogP contribution in [0.5, 0.6) is 0 Å². The Bertz CT molecular complexity index is 1060. The number of hydrogen-bond acceptors (Lipinski definition) is 2. The summed E-state index contributed by atoms with van der Waals surface area (Å²) in [4.78, 5) is 14.9. The Hall–Kier alpha value is -2.80. The molecule has 1 atom stereocenters. The molecular weight excluding hydrogens is 405 g/mol. The van der Waals surface area contributed by atoms with Crippen LogP contribution in [0.2, 0.25) is 0 Å². The molecule has 1 saturated carbocycles. The first-order valence-corrected chi connectivity index (χ1v) is 10.6. The third-order valence-corrected chi connectivity index (χ3v) is 6.24. The van der Waals surface area contributed by atoms with E-state index >= 15 is 0 Å². The van der Waals surface area contributed by atoms with Crippen LogP contribution in [-0.4, -0.2) is 41.1 Å². The number of carbonyl (C=O) groups excluding carboxylic acids is 1. The zero-order valence-corrected chi connectivity index (χ0v) is 17.1. The molecule has 2 fully saturated rings. The van der Waals surface area contributed by atoms with E-state index in [0.717, 1.165) is 68.1 Å². The van der Waals surface area contributed by atoms with Gasteiger partial charge in [0.15, 0.2) is 0 Å². The largest absolute Gasteiger partial charge is 0.396 e. The second kappa shape index (κ2) is 9.14. The molecule has 3 aromatic rings. The Morgan fingerprint density at radius 2 is 1.81 bits per heavy atom. The highest BCUT2D eigenvalue weighted by Gasteiger charge is 2.28. The number of aromatic amines is 1. The molecule has 31 heavy (non-hydrogen) atoms. The lowest BCUT2D eigenvalue weighted by Gasteiger charge is -2.26. The number of fused-ring (bicyclic) bond motifs is 1. The van der Waals surface area contributed by atoms with E-state index in [9.17, 15) is 18.0 Å². The molecule has 1 aromatic heterocycles. The van der Waals surface area contributed by atoms with Gasteiger partial charge in [0.05, 0.1) is 11.2 Å². The van der Waals surface area contributed by atoms with Crippen molar-refractivity contribution in [3.63, 3.8) is 0 Å². The molecule has 1 amide bonds. The molecular formula is C24H25F3N2O2. The summed E-state index contributed by atoms with van der Waals surface area (Å²) >= 11 is 0. The number of hydrogen-bond donors (Lipinski definition) is 2. The van der Waals surface area contributed by atoms with E-state index in [1.165, 1.54) is 18.2 Å². The summed E-state index contributed by atoms with van der Waals surface area (Å²) in [7, 11) is 0. The first-order chi connectivity index (χ1) is 15.0.